The van der Waals surface area contributed by atoms with E-state index in [2.05, 4.69) is 10.3 Å². The van der Waals surface area contributed by atoms with Crippen molar-refractivity contribution in [2.24, 2.45) is 5.14 Å². The van der Waals surface area contributed by atoms with E-state index in [0.29, 0.717) is 0 Å². The number of aromatic carboxylic acids is 1. The normalized spacial score (nSPS) is 11.1. The molecule has 10 heteroatoms. The Morgan fingerprint density at radius 1 is 1.24 bits per heavy atom. The van der Waals surface area contributed by atoms with E-state index >= 15 is 0 Å². The van der Waals surface area contributed by atoms with Crippen LogP contribution < -0.4 is 10.5 Å². The molecule has 1 aromatic heterocycles. The van der Waals surface area contributed by atoms with E-state index in [1.54, 1.807) is 0 Å². The van der Waals surface area contributed by atoms with Crippen LogP contribution in [0.2, 0.25) is 0 Å². The van der Waals surface area contributed by atoms with Crippen LogP contribution in [0.15, 0.2) is 34.5 Å². The first kappa shape index (κ1) is 15.1. The maximum atomic E-state index is 11.9. The molecule has 0 fully saturated rings. The van der Waals surface area contributed by atoms with Gasteiger partial charge in [0.2, 0.25) is 10.0 Å². The van der Waals surface area contributed by atoms with Crippen LogP contribution in [0.25, 0.3) is 0 Å². The predicted octanol–water partition coefficient (Wildman–Crippen LogP) is 0.741. The molecule has 0 aliphatic rings. The average Bonchev–Trinajstić information content (AvgIpc) is 2.86. The van der Waals surface area contributed by atoms with Crippen molar-refractivity contribution in [1.82, 2.24) is 4.98 Å². The van der Waals surface area contributed by atoms with Crippen molar-refractivity contribution in [3.05, 3.63) is 40.9 Å². The Balaban J connectivity index is 2.14. The van der Waals surface area contributed by atoms with Gasteiger partial charge in [0.1, 0.15) is 0 Å². The lowest BCUT2D eigenvalue weighted by Gasteiger charge is -2.03. The first-order valence-corrected chi connectivity index (χ1v) is 7.83. The number of benzene rings is 1. The minimum atomic E-state index is -3.82. The molecule has 0 spiro atoms. The molecule has 21 heavy (non-hydrogen) atoms. The number of carbonyl (C=O) groups excluding carboxylic acids is 1. The molecule has 1 amide bonds. The second-order valence-corrected chi connectivity index (χ2v) is 6.29. The number of primary sulfonamides is 1. The minimum Gasteiger partial charge on any atom is -0.476 e. The van der Waals surface area contributed by atoms with Crippen molar-refractivity contribution < 1.29 is 23.1 Å². The number of carboxylic acids is 1. The number of nitrogens with two attached hydrogens (primary N) is 1. The molecule has 0 atom stereocenters. The highest BCUT2D eigenvalue weighted by Crippen LogP contribution is 2.17. The average molecular weight is 327 g/mol. The number of thiazole rings is 1. The van der Waals surface area contributed by atoms with E-state index in [1.165, 1.54) is 29.6 Å². The van der Waals surface area contributed by atoms with E-state index in [4.69, 9.17) is 10.2 Å². The Morgan fingerprint density at radius 3 is 2.33 bits per heavy atom. The molecular weight excluding hydrogens is 318 g/mol. The fourth-order valence-corrected chi connectivity index (χ4v) is 2.59. The number of sulfonamides is 1. The summed E-state index contributed by atoms with van der Waals surface area (Å²) in [4.78, 5) is 26.1. The van der Waals surface area contributed by atoms with Gasteiger partial charge in [-0.05, 0) is 24.3 Å². The second-order valence-electron chi connectivity index (χ2n) is 3.87. The molecule has 0 unspecified atom stereocenters. The van der Waals surface area contributed by atoms with E-state index in [-0.39, 0.29) is 21.3 Å². The van der Waals surface area contributed by atoms with E-state index in [0.717, 1.165) is 11.3 Å². The van der Waals surface area contributed by atoms with Gasteiger partial charge in [0, 0.05) is 10.9 Å². The molecule has 2 rings (SSSR count). The minimum absolute atomic E-state index is 0.110. The number of amides is 1. The summed E-state index contributed by atoms with van der Waals surface area (Å²) in [6, 6.07) is 4.99. The van der Waals surface area contributed by atoms with E-state index < -0.39 is 21.9 Å². The number of aromatic nitrogens is 1. The summed E-state index contributed by atoms with van der Waals surface area (Å²) >= 11 is 0.969. The number of carbonyl (C=O) groups is 2. The zero-order valence-corrected chi connectivity index (χ0v) is 11.9. The SMILES string of the molecule is NS(=O)(=O)c1ccc(C(=O)Nc2nc(C(=O)O)cs2)cc1. The van der Waals surface area contributed by atoms with E-state index in [9.17, 15) is 18.0 Å². The Kier molecular flexibility index (Phi) is 4.02. The molecule has 0 aliphatic carbocycles. The van der Waals surface area contributed by atoms with Crippen molar-refractivity contribution in [2.75, 3.05) is 5.32 Å². The Hall–Kier alpha value is -2.30. The topological polar surface area (TPSA) is 139 Å². The fraction of sp³-hybridized carbons (Fsp3) is 0. The standard InChI is InChI=1S/C11H9N3O5S2/c12-21(18,19)7-3-1-6(2-4-7)9(15)14-11-13-8(5-20-11)10(16)17/h1-5H,(H,16,17)(H2,12,18,19)(H,13,14,15). The van der Waals surface area contributed by atoms with E-state index in [1.807, 2.05) is 0 Å². The molecule has 4 N–H and O–H groups in total. The Labute approximate surface area is 123 Å². The van der Waals surface area contributed by atoms with Crippen LogP contribution in [0.4, 0.5) is 5.13 Å². The van der Waals surface area contributed by atoms with Gasteiger partial charge in [0.15, 0.2) is 10.8 Å². The summed E-state index contributed by atoms with van der Waals surface area (Å²) in [5.74, 6) is -1.73. The van der Waals surface area contributed by atoms with Crippen LogP contribution in [0.3, 0.4) is 0 Å². The summed E-state index contributed by atoms with van der Waals surface area (Å²) in [6.45, 7) is 0. The molecule has 0 saturated heterocycles. The number of hydrogen-bond donors (Lipinski definition) is 3. The lowest BCUT2D eigenvalue weighted by Crippen LogP contribution is -2.14. The maximum Gasteiger partial charge on any atom is 0.355 e. The number of carboxylic acid groups (broad SMARTS) is 1. The number of hydrogen-bond acceptors (Lipinski definition) is 6. The zero-order valence-electron chi connectivity index (χ0n) is 10.3. The monoisotopic (exact) mass is 327 g/mol. The van der Waals surface area contributed by atoms with Gasteiger partial charge < -0.3 is 5.11 Å². The maximum absolute atomic E-state index is 11.9. The van der Waals surface area contributed by atoms with Gasteiger partial charge >= 0.3 is 5.97 Å². The lowest BCUT2D eigenvalue weighted by atomic mass is 10.2. The highest BCUT2D eigenvalue weighted by Gasteiger charge is 2.13. The van der Waals surface area contributed by atoms with Crippen molar-refractivity contribution in [2.45, 2.75) is 4.90 Å². The molecule has 0 saturated carbocycles. The largest absolute Gasteiger partial charge is 0.476 e. The summed E-state index contributed by atoms with van der Waals surface area (Å²) in [5.41, 5.74) is 0.0225. The third-order valence-corrected chi connectivity index (χ3v) is 4.08. The first-order chi connectivity index (χ1) is 9.77. The van der Waals surface area contributed by atoms with Gasteiger partial charge in [-0.2, -0.15) is 0 Å². The van der Waals surface area contributed by atoms with Crippen LogP contribution in [-0.2, 0) is 10.0 Å². The quantitative estimate of drug-likeness (QED) is 0.756. The molecule has 0 radical (unpaired) electrons. The smallest absolute Gasteiger partial charge is 0.355 e. The molecule has 110 valence electrons. The van der Waals surface area contributed by atoms with Crippen LogP contribution in [0.5, 0.6) is 0 Å². The van der Waals surface area contributed by atoms with Gasteiger partial charge in [-0.3, -0.25) is 10.1 Å². The predicted molar refractivity (Wildman–Crippen MR) is 74.8 cm³/mol. The molecule has 2 aromatic rings. The summed E-state index contributed by atoms with van der Waals surface area (Å²) in [6.07, 6.45) is 0. The van der Waals surface area contributed by atoms with Crippen molar-refractivity contribution in [3.63, 3.8) is 0 Å². The number of anilines is 1. The van der Waals surface area contributed by atoms with Crippen LogP contribution in [0.1, 0.15) is 20.8 Å². The fourth-order valence-electron chi connectivity index (χ4n) is 1.39. The zero-order chi connectivity index (χ0) is 15.6. The van der Waals surface area contributed by atoms with Gasteiger partial charge in [-0.15, -0.1) is 11.3 Å². The molecule has 8 nitrogen and oxygen atoms in total. The van der Waals surface area contributed by atoms with Crippen LogP contribution in [0, 0.1) is 0 Å². The third-order valence-electron chi connectivity index (χ3n) is 2.39. The number of nitrogens with one attached hydrogen (secondary N) is 1. The third kappa shape index (κ3) is 3.62. The van der Waals surface area contributed by atoms with Crippen molar-refractivity contribution in [3.8, 4) is 0 Å². The van der Waals surface area contributed by atoms with Gasteiger partial charge in [0.25, 0.3) is 5.91 Å². The number of nitrogens with zero attached hydrogens (tertiary/aromatic N) is 1. The summed E-state index contributed by atoms with van der Waals surface area (Å²) in [7, 11) is -3.82. The number of rotatable bonds is 4. The van der Waals surface area contributed by atoms with Crippen LogP contribution in [-0.4, -0.2) is 30.4 Å². The summed E-state index contributed by atoms with van der Waals surface area (Å²) in [5, 5.41) is 17.5. The van der Waals surface area contributed by atoms with Crippen LogP contribution >= 0.6 is 11.3 Å². The molecular formula is C11H9N3O5S2. The Bertz CT molecular complexity index is 796. The van der Waals surface area contributed by atoms with Gasteiger partial charge in [0.05, 0.1) is 4.90 Å². The Morgan fingerprint density at radius 2 is 1.86 bits per heavy atom. The molecule has 1 heterocycles. The lowest BCUT2D eigenvalue weighted by molar-refractivity contribution is 0.0691. The van der Waals surface area contributed by atoms with Crippen molar-refractivity contribution in [1.29, 1.82) is 0 Å². The first-order valence-electron chi connectivity index (χ1n) is 5.40. The van der Waals surface area contributed by atoms with Gasteiger partial charge in [-0.1, -0.05) is 0 Å². The molecule has 0 bridgehead atoms. The second kappa shape index (κ2) is 5.60. The summed E-state index contributed by atoms with van der Waals surface area (Å²) < 4.78 is 22.2. The highest BCUT2D eigenvalue weighted by atomic mass is 32.2. The van der Waals surface area contributed by atoms with Gasteiger partial charge in [-0.25, -0.2) is 23.3 Å². The van der Waals surface area contributed by atoms with Crippen molar-refractivity contribution >= 4 is 38.4 Å². The molecule has 1 aromatic carbocycles. The highest BCUT2D eigenvalue weighted by molar-refractivity contribution is 7.89. The molecule has 0 aliphatic heterocycles.